The molecule has 0 bridgehead atoms. The second-order valence-corrected chi connectivity index (χ2v) is 3.38. The van der Waals surface area contributed by atoms with Gasteiger partial charge in [-0.05, 0) is 6.92 Å². The number of rotatable bonds is 6. The van der Waals surface area contributed by atoms with Crippen molar-refractivity contribution in [2.75, 3.05) is 6.61 Å². The van der Waals surface area contributed by atoms with Gasteiger partial charge in [-0.25, -0.2) is 4.18 Å². The van der Waals surface area contributed by atoms with Crippen molar-refractivity contribution in [1.29, 1.82) is 0 Å². The second kappa shape index (κ2) is 5.55. The van der Waals surface area contributed by atoms with Crippen molar-refractivity contribution in [3.05, 3.63) is 0 Å². The summed E-state index contributed by atoms with van der Waals surface area (Å²) in [5.74, 6) is -2.36. The quantitative estimate of drug-likeness (QED) is 0.661. The molecule has 0 fully saturated rings. The fraction of sp³-hybridized carbons (Fsp3) is 0.667. The van der Waals surface area contributed by atoms with Crippen molar-refractivity contribution >= 4 is 22.3 Å². The fourth-order valence-electron chi connectivity index (χ4n) is 0.533. The molecule has 0 unspecified atom stereocenters. The minimum atomic E-state index is -4.32. The van der Waals surface area contributed by atoms with Gasteiger partial charge in [0, 0.05) is 0 Å². The maximum absolute atomic E-state index is 10.7. The molecular formula is C6H10O7S. The first-order chi connectivity index (χ1) is 6.37. The van der Waals surface area contributed by atoms with E-state index < -0.39 is 35.2 Å². The van der Waals surface area contributed by atoms with E-state index in [1.807, 2.05) is 0 Å². The second-order valence-electron chi connectivity index (χ2n) is 2.16. The van der Waals surface area contributed by atoms with Crippen LogP contribution in [0.5, 0.6) is 0 Å². The number of carboxylic acids is 1. The minimum absolute atomic E-state index is 0.158. The number of carboxylic acid groups (broad SMARTS) is 1. The van der Waals surface area contributed by atoms with Gasteiger partial charge in [0.2, 0.25) is 0 Å². The number of aliphatic carboxylic acids is 1. The predicted molar refractivity (Wildman–Crippen MR) is 43.5 cm³/mol. The SMILES string of the molecule is CCOS(=O)(=O)OC(=O)CCC(=O)O. The Kier molecular flexibility index (Phi) is 5.10. The van der Waals surface area contributed by atoms with E-state index in [0.29, 0.717) is 0 Å². The van der Waals surface area contributed by atoms with Crippen molar-refractivity contribution < 1.29 is 31.5 Å². The third-order valence-electron chi connectivity index (χ3n) is 1.00. The van der Waals surface area contributed by atoms with Crippen LogP contribution in [0.3, 0.4) is 0 Å². The molecule has 0 saturated carbocycles. The molecular weight excluding hydrogens is 216 g/mol. The van der Waals surface area contributed by atoms with Crippen molar-refractivity contribution in [1.82, 2.24) is 0 Å². The molecule has 0 aromatic rings. The van der Waals surface area contributed by atoms with Crippen molar-refractivity contribution in [3.8, 4) is 0 Å². The normalized spacial score (nSPS) is 10.9. The molecule has 0 heterocycles. The zero-order chi connectivity index (χ0) is 11.2. The van der Waals surface area contributed by atoms with Gasteiger partial charge in [-0.2, -0.15) is 8.42 Å². The van der Waals surface area contributed by atoms with Gasteiger partial charge in [-0.3, -0.25) is 9.59 Å². The predicted octanol–water partition coefficient (Wildman–Crippen LogP) is -0.324. The summed E-state index contributed by atoms with van der Waals surface area (Å²) in [5, 5.41) is 8.18. The van der Waals surface area contributed by atoms with E-state index in [-0.39, 0.29) is 6.61 Å². The molecule has 0 aromatic carbocycles. The highest BCUT2D eigenvalue weighted by atomic mass is 32.3. The van der Waals surface area contributed by atoms with E-state index in [4.69, 9.17) is 5.11 Å². The van der Waals surface area contributed by atoms with Crippen molar-refractivity contribution in [3.63, 3.8) is 0 Å². The maximum Gasteiger partial charge on any atom is 0.451 e. The van der Waals surface area contributed by atoms with Gasteiger partial charge < -0.3 is 9.29 Å². The Morgan fingerprint density at radius 1 is 1.29 bits per heavy atom. The number of hydrogen-bond acceptors (Lipinski definition) is 6. The first-order valence-corrected chi connectivity index (χ1v) is 5.04. The lowest BCUT2D eigenvalue weighted by molar-refractivity contribution is -0.142. The summed E-state index contributed by atoms with van der Waals surface area (Å²) in [5.41, 5.74) is 0. The maximum atomic E-state index is 10.7. The Balaban J connectivity index is 4.00. The van der Waals surface area contributed by atoms with Gasteiger partial charge in [-0.1, -0.05) is 0 Å². The van der Waals surface area contributed by atoms with E-state index in [1.165, 1.54) is 6.92 Å². The zero-order valence-corrected chi connectivity index (χ0v) is 8.24. The first kappa shape index (κ1) is 12.8. The molecule has 0 aromatic heterocycles. The zero-order valence-electron chi connectivity index (χ0n) is 7.43. The van der Waals surface area contributed by atoms with Gasteiger partial charge in [0.05, 0.1) is 19.4 Å². The number of carbonyl (C=O) groups excluding carboxylic acids is 1. The van der Waals surface area contributed by atoms with Gasteiger partial charge in [0.1, 0.15) is 0 Å². The molecule has 0 atom stereocenters. The van der Waals surface area contributed by atoms with Crippen LogP contribution in [-0.2, 0) is 28.4 Å². The molecule has 0 radical (unpaired) electrons. The summed E-state index contributed by atoms with van der Waals surface area (Å²) in [6.07, 6.45) is -0.998. The average molecular weight is 226 g/mol. The monoisotopic (exact) mass is 226 g/mol. The van der Waals surface area contributed by atoms with Crippen LogP contribution in [-0.4, -0.2) is 32.1 Å². The molecule has 0 aliphatic carbocycles. The highest BCUT2D eigenvalue weighted by Gasteiger charge is 2.17. The lowest BCUT2D eigenvalue weighted by Crippen LogP contribution is -2.16. The molecule has 14 heavy (non-hydrogen) atoms. The van der Waals surface area contributed by atoms with Crippen LogP contribution in [0.1, 0.15) is 19.8 Å². The van der Waals surface area contributed by atoms with Crippen LogP contribution in [0, 0.1) is 0 Å². The largest absolute Gasteiger partial charge is 0.481 e. The summed E-state index contributed by atoms with van der Waals surface area (Å²) in [6, 6.07) is 0. The average Bonchev–Trinajstić information content (AvgIpc) is 1.99. The topological polar surface area (TPSA) is 107 Å². The van der Waals surface area contributed by atoms with Crippen LogP contribution < -0.4 is 0 Å². The van der Waals surface area contributed by atoms with Crippen LogP contribution in [0.25, 0.3) is 0 Å². The molecule has 0 aliphatic rings. The van der Waals surface area contributed by atoms with Crippen LogP contribution >= 0.6 is 0 Å². The first-order valence-electron chi connectivity index (χ1n) is 3.71. The third kappa shape index (κ3) is 6.38. The molecule has 0 aliphatic heterocycles. The molecule has 82 valence electrons. The van der Waals surface area contributed by atoms with Crippen molar-refractivity contribution in [2.45, 2.75) is 19.8 Å². The molecule has 0 amide bonds. The highest BCUT2D eigenvalue weighted by Crippen LogP contribution is 2.00. The Hall–Kier alpha value is -1.15. The molecule has 0 rings (SSSR count). The standard InChI is InChI=1S/C6H10O7S/c1-2-12-14(10,11)13-6(9)4-3-5(7)8/h2-4H2,1H3,(H,7,8). The van der Waals surface area contributed by atoms with Crippen LogP contribution in [0.2, 0.25) is 0 Å². The van der Waals surface area contributed by atoms with E-state index >= 15 is 0 Å². The van der Waals surface area contributed by atoms with Gasteiger partial charge in [-0.15, -0.1) is 0 Å². The lowest BCUT2D eigenvalue weighted by atomic mass is 10.3. The van der Waals surface area contributed by atoms with Gasteiger partial charge in [0.25, 0.3) is 0 Å². The molecule has 1 N–H and O–H groups in total. The summed E-state index contributed by atoms with van der Waals surface area (Å²) < 4.78 is 29.3. The lowest BCUT2D eigenvalue weighted by Gasteiger charge is -2.02. The Bertz CT molecular complexity index is 304. The summed E-state index contributed by atoms with van der Waals surface area (Å²) in [6.45, 7) is 1.25. The fourth-order valence-corrected chi connectivity index (χ4v) is 1.18. The van der Waals surface area contributed by atoms with Gasteiger partial charge >= 0.3 is 22.3 Å². The van der Waals surface area contributed by atoms with Crippen LogP contribution in [0.15, 0.2) is 0 Å². The van der Waals surface area contributed by atoms with E-state index in [2.05, 4.69) is 8.37 Å². The summed E-state index contributed by atoms with van der Waals surface area (Å²) >= 11 is 0. The molecule has 7 nitrogen and oxygen atoms in total. The van der Waals surface area contributed by atoms with Crippen LogP contribution in [0.4, 0.5) is 0 Å². The summed E-state index contributed by atoms with van der Waals surface area (Å²) in [7, 11) is -4.32. The number of hydrogen-bond donors (Lipinski definition) is 1. The van der Waals surface area contributed by atoms with E-state index in [0.717, 1.165) is 0 Å². The highest BCUT2D eigenvalue weighted by molar-refractivity contribution is 7.82. The minimum Gasteiger partial charge on any atom is -0.481 e. The van der Waals surface area contributed by atoms with Gasteiger partial charge in [0.15, 0.2) is 0 Å². The van der Waals surface area contributed by atoms with E-state index in [1.54, 1.807) is 0 Å². The molecule has 8 heteroatoms. The van der Waals surface area contributed by atoms with Crippen molar-refractivity contribution in [2.24, 2.45) is 0 Å². The number of carbonyl (C=O) groups is 2. The Morgan fingerprint density at radius 3 is 2.29 bits per heavy atom. The molecule has 0 spiro atoms. The Morgan fingerprint density at radius 2 is 1.86 bits per heavy atom. The third-order valence-corrected chi connectivity index (χ3v) is 1.91. The Labute approximate surface area is 81.0 Å². The smallest absolute Gasteiger partial charge is 0.451 e. The molecule has 0 saturated heterocycles. The van der Waals surface area contributed by atoms with E-state index in [9.17, 15) is 18.0 Å². The summed E-state index contributed by atoms with van der Waals surface area (Å²) in [4.78, 5) is 20.7.